The zero-order valence-electron chi connectivity index (χ0n) is 12.6. The van der Waals surface area contributed by atoms with Crippen LogP contribution < -0.4 is 10.4 Å². The second kappa shape index (κ2) is 6.02. The van der Waals surface area contributed by atoms with E-state index in [-0.39, 0.29) is 10.6 Å². The normalized spacial score (nSPS) is 11.9. The molecular formula is C16H17N3O3S. The van der Waals surface area contributed by atoms with Crippen LogP contribution in [-0.4, -0.2) is 24.9 Å². The number of sulfonamides is 1. The maximum Gasteiger partial charge on any atom is 0.323 e. The zero-order chi connectivity index (χ0) is 16.4. The number of fused-ring (bicyclic) bond motifs is 1. The molecule has 0 spiro atoms. The summed E-state index contributed by atoms with van der Waals surface area (Å²) in [6, 6.07) is 12.8. The van der Waals surface area contributed by atoms with Crippen LogP contribution in [0, 0.1) is 6.92 Å². The lowest BCUT2D eigenvalue weighted by molar-refractivity contribution is 0.581. The van der Waals surface area contributed by atoms with Gasteiger partial charge in [-0.05, 0) is 36.6 Å². The molecule has 7 heteroatoms. The second-order valence-corrected chi connectivity index (χ2v) is 7.11. The van der Waals surface area contributed by atoms with Gasteiger partial charge in [0.25, 0.3) is 0 Å². The van der Waals surface area contributed by atoms with Crippen LogP contribution in [0.2, 0.25) is 0 Å². The average molecular weight is 331 g/mol. The third-order valence-corrected chi connectivity index (χ3v) is 5.25. The topological polar surface area (TPSA) is 94.8 Å². The van der Waals surface area contributed by atoms with Crippen LogP contribution in [-0.2, 0) is 16.4 Å². The van der Waals surface area contributed by atoms with E-state index in [0.29, 0.717) is 29.6 Å². The number of nitrogens with one attached hydrogen (secondary N) is 3. The summed E-state index contributed by atoms with van der Waals surface area (Å²) in [5.74, 6) is 0. The van der Waals surface area contributed by atoms with Gasteiger partial charge < -0.3 is 9.97 Å². The molecule has 2 aromatic carbocycles. The van der Waals surface area contributed by atoms with Crippen molar-refractivity contribution in [1.29, 1.82) is 0 Å². The van der Waals surface area contributed by atoms with E-state index in [1.165, 1.54) is 6.07 Å². The molecule has 0 amide bonds. The molecule has 0 atom stereocenters. The Balaban J connectivity index is 1.81. The number of imidazole rings is 1. The molecule has 0 aliphatic carbocycles. The fourth-order valence-corrected chi connectivity index (χ4v) is 3.79. The van der Waals surface area contributed by atoms with E-state index >= 15 is 0 Å². The van der Waals surface area contributed by atoms with Crippen molar-refractivity contribution in [3.8, 4) is 0 Å². The number of H-pyrrole nitrogens is 2. The van der Waals surface area contributed by atoms with Crippen LogP contribution in [0.5, 0.6) is 0 Å². The molecule has 0 aliphatic rings. The molecule has 0 saturated carbocycles. The van der Waals surface area contributed by atoms with Crippen molar-refractivity contribution in [2.24, 2.45) is 0 Å². The number of rotatable bonds is 5. The summed E-state index contributed by atoms with van der Waals surface area (Å²) in [5, 5.41) is 0. The number of aromatic nitrogens is 2. The molecule has 3 N–H and O–H groups in total. The van der Waals surface area contributed by atoms with E-state index in [0.717, 1.165) is 5.56 Å². The van der Waals surface area contributed by atoms with Crippen LogP contribution in [0.1, 0.15) is 11.1 Å². The Kier molecular flexibility index (Phi) is 4.06. The Morgan fingerprint density at radius 1 is 1.04 bits per heavy atom. The lowest BCUT2D eigenvalue weighted by Crippen LogP contribution is -2.26. The van der Waals surface area contributed by atoms with Gasteiger partial charge in [0.15, 0.2) is 0 Å². The van der Waals surface area contributed by atoms with Crippen molar-refractivity contribution >= 4 is 21.1 Å². The number of benzene rings is 2. The summed E-state index contributed by atoms with van der Waals surface area (Å²) in [5.41, 5.74) is 2.36. The number of hydrogen-bond acceptors (Lipinski definition) is 3. The van der Waals surface area contributed by atoms with Gasteiger partial charge >= 0.3 is 5.69 Å². The Labute approximate surface area is 133 Å². The van der Waals surface area contributed by atoms with Gasteiger partial charge in [-0.2, -0.15) is 0 Å². The summed E-state index contributed by atoms with van der Waals surface area (Å²) in [7, 11) is -3.63. The molecule has 1 aromatic heterocycles. The van der Waals surface area contributed by atoms with Crippen molar-refractivity contribution in [2.45, 2.75) is 18.2 Å². The van der Waals surface area contributed by atoms with Crippen molar-refractivity contribution in [3.05, 3.63) is 64.1 Å². The Hall–Kier alpha value is -2.38. The largest absolute Gasteiger partial charge is 0.323 e. The highest BCUT2D eigenvalue weighted by Gasteiger charge is 2.18. The Morgan fingerprint density at radius 2 is 1.70 bits per heavy atom. The quantitative estimate of drug-likeness (QED) is 0.664. The summed E-state index contributed by atoms with van der Waals surface area (Å²) in [6.07, 6.45) is 0.613. The van der Waals surface area contributed by atoms with Crippen molar-refractivity contribution < 1.29 is 8.42 Å². The predicted molar refractivity (Wildman–Crippen MR) is 89.0 cm³/mol. The molecule has 6 nitrogen and oxygen atoms in total. The van der Waals surface area contributed by atoms with Crippen LogP contribution in [0.15, 0.2) is 52.2 Å². The van der Waals surface area contributed by atoms with Gasteiger partial charge in [0.05, 0.1) is 15.9 Å². The first-order valence-electron chi connectivity index (χ1n) is 7.22. The predicted octanol–water partition coefficient (Wildman–Crippen LogP) is 1.69. The highest BCUT2D eigenvalue weighted by molar-refractivity contribution is 7.89. The van der Waals surface area contributed by atoms with Crippen molar-refractivity contribution in [1.82, 2.24) is 14.7 Å². The van der Waals surface area contributed by atoms with Gasteiger partial charge in [0.1, 0.15) is 0 Å². The van der Waals surface area contributed by atoms with Crippen LogP contribution in [0.3, 0.4) is 0 Å². The molecule has 0 aliphatic heterocycles. The van der Waals surface area contributed by atoms with E-state index in [1.54, 1.807) is 13.0 Å². The minimum atomic E-state index is -3.63. The summed E-state index contributed by atoms with van der Waals surface area (Å²) >= 11 is 0. The fourth-order valence-electron chi connectivity index (χ4n) is 2.51. The maximum atomic E-state index is 12.5. The van der Waals surface area contributed by atoms with Gasteiger partial charge in [0, 0.05) is 6.54 Å². The van der Waals surface area contributed by atoms with Crippen LogP contribution >= 0.6 is 0 Å². The molecule has 23 heavy (non-hydrogen) atoms. The highest BCUT2D eigenvalue weighted by atomic mass is 32.2. The van der Waals surface area contributed by atoms with Crippen molar-refractivity contribution in [3.63, 3.8) is 0 Å². The van der Waals surface area contributed by atoms with Crippen LogP contribution in [0.25, 0.3) is 11.0 Å². The first-order chi connectivity index (χ1) is 11.0. The molecule has 120 valence electrons. The number of hydrogen-bond donors (Lipinski definition) is 3. The summed E-state index contributed by atoms with van der Waals surface area (Å²) in [4.78, 5) is 16.7. The average Bonchev–Trinajstić information content (AvgIpc) is 2.86. The fraction of sp³-hybridized carbons (Fsp3) is 0.188. The number of aryl methyl sites for hydroxylation is 1. The third kappa shape index (κ3) is 3.35. The molecule has 0 bridgehead atoms. The standard InChI is InChI=1S/C16H17N3O3S/c1-11-9-13-14(19-16(20)18-13)10-15(11)23(21,22)17-8-7-12-5-3-2-4-6-12/h2-6,9-10,17H,7-8H2,1H3,(H2,18,19,20). The van der Waals surface area contributed by atoms with E-state index in [9.17, 15) is 13.2 Å². The van der Waals surface area contributed by atoms with E-state index in [4.69, 9.17) is 0 Å². The van der Waals surface area contributed by atoms with Crippen molar-refractivity contribution in [2.75, 3.05) is 6.54 Å². The van der Waals surface area contributed by atoms with Gasteiger partial charge in [-0.25, -0.2) is 17.9 Å². The monoisotopic (exact) mass is 331 g/mol. The first-order valence-corrected chi connectivity index (χ1v) is 8.70. The number of aromatic amines is 2. The van der Waals surface area contributed by atoms with E-state index in [1.807, 2.05) is 30.3 Å². The molecule has 3 aromatic rings. The first kappa shape index (κ1) is 15.5. The molecule has 3 rings (SSSR count). The SMILES string of the molecule is Cc1cc2[nH]c(=O)[nH]c2cc1S(=O)(=O)NCCc1ccccc1. The molecule has 0 radical (unpaired) electrons. The summed E-state index contributed by atoms with van der Waals surface area (Å²) < 4.78 is 27.6. The lowest BCUT2D eigenvalue weighted by Gasteiger charge is -2.09. The molecule has 0 unspecified atom stereocenters. The minimum Gasteiger partial charge on any atom is -0.306 e. The molecular weight excluding hydrogens is 314 g/mol. The smallest absolute Gasteiger partial charge is 0.306 e. The van der Waals surface area contributed by atoms with Gasteiger partial charge in [-0.3, -0.25) is 0 Å². The third-order valence-electron chi connectivity index (χ3n) is 3.65. The van der Waals surface area contributed by atoms with Gasteiger partial charge in [-0.1, -0.05) is 30.3 Å². The maximum absolute atomic E-state index is 12.5. The Bertz CT molecular complexity index is 988. The van der Waals surface area contributed by atoms with E-state index in [2.05, 4.69) is 14.7 Å². The van der Waals surface area contributed by atoms with Gasteiger partial charge in [-0.15, -0.1) is 0 Å². The second-order valence-electron chi connectivity index (χ2n) is 5.38. The Morgan fingerprint density at radius 3 is 2.39 bits per heavy atom. The highest BCUT2D eigenvalue weighted by Crippen LogP contribution is 2.20. The lowest BCUT2D eigenvalue weighted by atomic mass is 10.2. The van der Waals surface area contributed by atoms with Crippen LogP contribution in [0.4, 0.5) is 0 Å². The summed E-state index contributed by atoms with van der Waals surface area (Å²) in [6.45, 7) is 2.02. The molecule has 0 fully saturated rings. The minimum absolute atomic E-state index is 0.174. The van der Waals surface area contributed by atoms with E-state index < -0.39 is 10.0 Å². The molecule has 1 heterocycles. The van der Waals surface area contributed by atoms with Gasteiger partial charge in [0.2, 0.25) is 10.0 Å². The molecule has 0 saturated heterocycles. The zero-order valence-corrected chi connectivity index (χ0v) is 13.4.